The third-order valence-corrected chi connectivity index (χ3v) is 4.02. The van der Waals surface area contributed by atoms with E-state index in [9.17, 15) is 51.0 Å². The quantitative estimate of drug-likeness (QED) is 0.104. The molecule has 13 nitrogen and oxygen atoms in total. The van der Waals surface area contributed by atoms with E-state index in [-0.39, 0.29) is 10.9 Å². The molecule has 1 aromatic carbocycles. The van der Waals surface area contributed by atoms with Gasteiger partial charge in [0.2, 0.25) is 0 Å². The molecule has 1 heterocycles. The Labute approximate surface area is 146 Å². The summed E-state index contributed by atoms with van der Waals surface area (Å²) in [6.45, 7) is 0. The fraction of sp³-hybridized carbons (Fsp3) is 0.455. The van der Waals surface area contributed by atoms with E-state index < -0.39 is 45.0 Å². The summed E-state index contributed by atoms with van der Waals surface area (Å²) in [5.74, 6) is -16.5. The number of hydrogen-bond acceptors (Lipinski definition) is 12. The second-order valence-electron chi connectivity index (χ2n) is 5.17. The van der Waals surface area contributed by atoms with E-state index in [1.807, 2.05) is 0 Å². The van der Waals surface area contributed by atoms with Crippen molar-refractivity contribution in [3.8, 4) is 0 Å². The van der Waals surface area contributed by atoms with Gasteiger partial charge in [-0.3, -0.25) is 19.8 Å². The highest BCUT2D eigenvalue weighted by Crippen LogP contribution is 2.45. The van der Waals surface area contributed by atoms with Gasteiger partial charge >= 0.3 is 23.8 Å². The van der Waals surface area contributed by atoms with E-state index in [2.05, 4.69) is 20.7 Å². The number of benzene rings is 1. The number of rotatable bonds is 3. The zero-order chi connectivity index (χ0) is 19.4. The zero-order valence-corrected chi connectivity index (χ0v) is 13.6. The molecule has 0 atom stereocenters. The number of hydrogen-bond donors (Lipinski definition) is 8. The van der Waals surface area contributed by atoms with Crippen LogP contribution in [0.15, 0.2) is 18.2 Å². The molecule has 14 heteroatoms. The van der Waals surface area contributed by atoms with Gasteiger partial charge in [-0.05, 0) is 11.6 Å². The first-order chi connectivity index (χ1) is 11.2. The van der Waals surface area contributed by atoms with Gasteiger partial charge in [-0.25, -0.2) is 0 Å². The van der Waals surface area contributed by atoms with Crippen LogP contribution < -0.4 is 4.90 Å². The molecule has 140 valence electrons. The number of non-ortho nitro benzene ring substituents is 1. The number of halogens is 1. The summed E-state index contributed by atoms with van der Waals surface area (Å²) < 4.78 is 3.72. The second kappa shape index (κ2) is 5.78. The number of nitro groups is 1. The minimum absolute atomic E-state index is 0.00742. The lowest BCUT2D eigenvalue weighted by molar-refractivity contribution is -0.606. The van der Waals surface area contributed by atoms with Gasteiger partial charge in [0.1, 0.15) is 0 Å². The molecule has 1 aliphatic rings. The molecule has 2 rings (SSSR count). The maximum atomic E-state index is 11.0. The zero-order valence-electron chi connectivity index (χ0n) is 12.0. The van der Waals surface area contributed by atoms with E-state index in [0.717, 1.165) is 12.1 Å². The van der Waals surface area contributed by atoms with Crippen molar-refractivity contribution in [3.63, 3.8) is 0 Å². The van der Waals surface area contributed by atoms with Gasteiger partial charge in [-0.15, -0.1) is 0 Å². The van der Waals surface area contributed by atoms with Crippen LogP contribution in [0.3, 0.4) is 0 Å². The molecule has 1 fully saturated rings. The molecule has 25 heavy (non-hydrogen) atoms. The fourth-order valence-electron chi connectivity index (χ4n) is 2.17. The first-order valence-corrected chi connectivity index (χ1v) is 7.43. The molecule has 1 aliphatic heterocycles. The Morgan fingerprint density at radius 2 is 1.48 bits per heavy atom. The first-order valence-electron chi connectivity index (χ1n) is 6.31. The maximum absolute atomic E-state index is 11.0. The normalized spacial score (nSPS) is 23.3. The predicted octanol–water partition coefficient (Wildman–Crippen LogP) is -3.12. The molecule has 0 aliphatic carbocycles. The van der Waals surface area contributed by atoms with E-state index in [0.29, 0.717) is 6.07 Å². The van der Waals surface area contributed by atoms with Crippen molar-refractivity contribution in [2.75, 3.05) is 4.90 Å². The number of nitrogens with zero attached hydrogens (tertiary/aromatic N) is 2. The van der Waals surface area contributed by atoms with Crippen molar-refractivity contribution in [1.82, 2.24) is 0 Å². The van der Waals surface area contributed by atoms with Crippen LogP contribution in [-0.2, 0) is 10.1 Å². The van der Waals surface area contributed by atoms with Gasteiger partial charge in [0, 0.05) is 17.5 Å². The van der Waals surface area contributed by atoms with Crippen LogP contribution in [0.2, 0.25) is 0 Å². The molecule has 1 aromatic rings. The smallest absolute Gasteiger partial charge is 0.342 e. The summed E-state index contributed by atoms with van der Waals surface area (Å²) in [5, 5.41) is 88.7. The number of ether oxygens (including phenoxy) is 1. The van der Waals surface area contributed by atoms with Crippen molar-refractivity contribution >= 4 is 27.3 Å². The molecule has 0 unspecified atom stereocenters. The Morgan fingerprint density at radius 1 is 1.00 bits per heavy atom. The van der Waals surface area contributed by atoms with Crippen molar-refractivity contribution in [2.45, 2.75) is 29.1 Å². The van der Waals surface area contributed by atoms with Gasteiger partial charge < -0.3 is 40.9 Å². The van der Waals surface area contributed by atoms with Crippen LogP contribution in [-0.4, -0.2) is 69.5 Å². The highest BCUT2D eigenvalue weighted by molar-refractivity contribution is 9.08. The average molecular weight is 429 g/mol. The van der Waals surface area contributed by atoms with Crippen molar-refractivity contribution in [1.29, 1.82) is 0 Å². The summed E-state index contributed by atoms with van der Waals surface area (Å²) in [6, 6.07) is 2.58. The van der Waals surface area contributed by atoms with Crippen LogP contribution in [0.25, 0.3) is 0 Å². The van der Waals surface area contributed by atoms with E-state index in [1.165, 1.54) is 0 Å². The average Bonchev–Trinajstić information content (AvgIpc) is 2.43. The van der Waals surface area contributed by atoms with Gasteiger partial charge in [-0.2, -0.15) is 0 Å². The highest BCUT2D eigenvalue weighted by Gasteiger charge is 2.74. The fourth-order valence-corrected chi connectivity index (χ4v) is 2.50. The van der Waals surface area contributed by atoms with Gasteiger partial charge in [0.05, 0.1) is 10.6 Å². The van der Waals surface area contributed by atoms with Crippen LogP contribution in [0.5, 0.6) is 0 Å². The lowest BCUT2D eigenvalue weighted by Crippen LogP contribution is -2.84. The van der Waals surface area contributed by atoms with E-state index in [1.54, 1.807) is 0 Å². The van der Waals surface area contributed by atoms with Crippen molar-refractivity contribution in [3.05, 3.63) is 33.9 Å². The van der Waals surface area contributed by atoms with Gasteiger partial charge in [0.25, 0.3) is 5.69 Å². The minimum atomic E-state index is -4.15. The first kappa shape index (κ1) is 19.9. The number of anilines is 1. The third-order valence-electron chi connectivity index (χ3n) is 3.37. The third kappa shape index (κ3) is 2.97. The highest BCUT2D eigenvalue weighted by atomic mass is 79.9. The molecule has 0 aromatic heterocycles. The molecular weight excluding hydrogens is 416 g/mol. The Kier molecular flexibility index (Phi) is 4.59. The standard InChI is InChI=1S/C11H13BrN2O11/c12-4-5-1-6(3-7(2-5)14(23)24)13-8(15,16)10(19,20)25-11(21,22)9(13,17)18/h1-3,15-22H,4H2. The molecule has 8 N–H and O–H groups in total. The number of alkyl halides is 1. The monoisotopic (exact) mass is 428 g/mol. The van der Waals surface area contributed by atoms with Crippen LogP contribution in [0.1, 0.15) is 5.56 Å². The SMILES string of the molecule is O=[N+]([O-])c1cc(CBr)cc(N2C(O)(O)C(O)(O)OC(O)(O)C2(O)O)c1. The Balaban J connectivity index is 2.76. The lowest BCUT2D eigenvalue weighted by Gasteiger charge is -2.55. The lowest BCUT2D eigenvalue weighted by atomic mass is 10.1. The van der Waals surface area contributed by atoms with E-state index in [4.69, 9.17) is 0 Å². The summed E-state index contributed by atoms with van der Waals surface area (Å²) in [4.78, 5) is 9.59. The maximum Gasteiger partial charge on any atom is 0.362 e. The van der Waals surface area contributed by atoms with Crippen LogP contribution >= 0.6 is 15.9 Å². The van der Waals surface area contributed by atoms with Crippen molar-refractivity contribution in [2.24, 2.45) is 0 Å². The minimum Gasteiger partial charge on any atom is -0.342 e. The molecule has 0 spiro atoms. The Morgan fingerprint density at radius 3 is 1.88 bits per heavy atom. The molecular formula is C11H13BrN2O11. The summed E-state index contributed by atoms with van der Waals surface area (Å²) >= 11 is 2.99. The number of morpholine rings is 1. The predicted molar refractivity (Wildman–Crippen MR) is 78.0 cm³/mol. The molecule has 0 amide bonds. The summed E-state index contributed by atoms with van der Waals surface area (Å²) in [5.41, 5.74) is -1.33. The Bertz CT molecular complexity index is 679. The molecule has 0 radical (unpaired) electrons. The van der Waals surface area contributed by atoms with Gasteiger partial charge in [0.15, 0.2) is 0 Å². The molecule has 0 bridgehead atoms. The summed E-state index contributed by atoms with van der Waals surface area (Å²) in [6.07, 6.45) is 0. The summed E-state index contributed by atoms with van der Waals surface area (Å²) in [7, 11) is 0. The number of aliphatic hydroxyl groups is 8. The number of nitro benzene ring substituents is 1. The van der Waals surface area contributed by atoms with E-state index >= 15 is 0 Å². The largest absolute Gasteiger partial charge is 0.362 e. The second-order valence-corrected chi connectivity index (χ2v) is 5.73. The Hall–Kier alpha value is -1.46. The molecule has 0 saturated carbocycles. The van der Waals surface area contributed by atoms with Crippen LogP contribution in [0.4, 0.5) is 11.4 Å². The van der Waals surface area contributed by atoms with Crippen LogP contribution in [0, 0.1) is 10.1 Å². The molecule has 1 saturated heterocycles. The van der Waals surface area contributed by atoms with Crippen molar-refractivity contribution < 1.29 is 50.5 Å². The topological polar surface area (TPSA) is 217 Å². The van der Waals surface area contributed by atoms with Gasteiger partial charge in [-0.1, -0.05) is 15.9 Å².